The number of aliphatic hydroxyl groups excluding tert-OH is 1. The van der Waals surface area contributed by atoms with Crippen LogP contribution in [0, 0.1) is 17.7 Å². The van der Waals surface area contributed by atoms with Gasteiger partial charge in [0.2, 0.25) is 10.0 Å². The molecule has 0 fully saturated rings. The molecule has 21 heavy (non-hydrogen) atoms. The van der Waals surface area contributed by atoms with E-state index in [1.54, 1.807) is 6.92 Å². The lowest BCUT2D eigenvalue weighted by atomic mass is 10.2. The highest BCUT2D eigenvalue weighted by molar-refractivity contribution is 7.89. The average molecular weight is 313 g/mol. The van der Waals surface area contributed by atoms with Gasteiger partial charge in [0.25, 0.3) is 0 Å². The first kappa shape index (κ1) is 17.6. The van der Waals surface area contributed by atoms with Gasteiger partial charge in [-0.2, -0.15) is 4.31 Å². The van der Waals surface area contributed by atoms with E-state index in [2.05, 4.69) is 11.8 Å². The van der Waals surface area contributed by atoms with E-state index in [9.17, 15) is 12.8 Å². The molecule has 0 unspecified atom stereocenters. The van der Waals surface area contributed by atoms with Gasteiger partial charge in [0.15, 0.2) is 0 Å². The van der Waals surface area contributed by atoms with Gasteiger partial charge in [-0.3, -0.25) is 0 Å². The lowest BCUT2D eigenvalue weighted by Crippen LogP contribution is -2.32. The fourth-order valence-corrected chi connectivity index (χ4v) is 3.43. The molecule has 0 aliphatic heterocycles. The SMILES string of the molecule is CCCN(CC)S(=O)(=O)c1ccc(C#CCCO)cc1F. The Bertz CT molecular complexity index is 632. The van der Waals surface area contributed by atoms with Crippen molar-refractivity contribution >= 4 is 10.0 Å². The normalized spacial score (nSPS) is 11.3. The molecular weight excluding hydrogens is 293 g/mol. The summed E-state index contributed by atoms with van der Waals surface area (Å²) in [6, 6.07) is 3.82. The largest absolute Gasteiger partial charge is 0.395 e. The van der Waals surface area contributed by atoms with Crippen molar-refractivity contribution in [2.24, 2.45) is 0 Å². The van der Waals surface area contributed by atoms with E-state index in [0.29, 0.717) is 31.5 Å². The van der Waals surface area contributed by atoms with Crippen LogP contribution in [0.4, 0.5) is 4.39 Å². The van der Waals surface area contributed by atoms with Crippen molar-refractivity contribution in [3.05, 3.63) is 29.6 Å². The van der Waals surface area contributed by atoms with Gasteiger partial charge >= 0.3 is 0 Å². The highest BCUT2D eigenvalue weighted by Crippen LogP contribution is 2.20. The van der Waals surface area contributed by atoms with E-state index in [1.165, 1.54) is 16.4 Å². The predicted octanol–water partition coefficient (Wildman–Crippen LogP) is 1.98. The van der Waals surface area contributed by atoms with E-state index >= 15 is 0 Å². The van der Waals surface area contributed by atoms with Crippen LogP contribution in [-0.4, -0.2) is 37.5 Å². The Balaban J connectivity index is 3.12. The molecule has 0 aromatic heterocycles. The number of aliphatic hydroxyl groups is 1. The summed E-state index contributed by atoms with van der Waals surface area (Å²) in [4.78, 5) is -0.328. The number of halogens is 1. The standard InChI is InChI=1S/C15H20FNO3S/c1-3-10-17(4-2)21(19,20)15-9-8-13(12-14(15)16)7-5-6-11-18/h8-9,12,18H,3-4,6,10-11H2,1-2H3. The number of hydrogen-bond donors (Lipinski definition) is 1. The van der Waals surface area contributed by atoms with Crippen molar-refractivity contribution in [3.63, 3.8) is 0 Å². The maximum Gasteiger partial charge on any atom is 0.245 e. The van der Waals surface area contributed by atoms with Crippen LogP contribution in [0.3, 0.4) is 0 Å². The molecule has 0 atom stereocenters. The molecular formula is C15H20FNO3S. The Labute approximate surface area is 125 Å². The zero-order chi connectivity index (χ0) is 15.9. The summed E-state index contributed by atoms with van der Waals surface area (Å²) < 4.78 is 40.0. The van der Waals surface area contributed by atoms with Crippen LogP contribution in [0.15, 0.2) is 23.1 Å². The van der Waals surface area contributed by atoms with Crippen molar-refractivity contribution in [1.29, 1.82) is 0 Å². The Morgan fingerprint density at radius 3 is 2.57 bits per heavy atom. The van der Waals surface area contributed by atoms with Crippen LogP contribution in [-0.2, 0) is 10.0 Å². The molecule has 0 bridgehead atoms. The van der Waals surface area contributed by atoms with Crippen LogP contribution < -0.4 is 0 Å². The van der Waals surface area contributed by atoms with Gasteiger partial charge in [0.05, 0.1) is 6.61 Å². The minimum absolute atomic E-state index is 0.0651. The zero-order valence-electron chi connectivity index (χ0n) is 12.3. The number of hydrogen-bond acceptors (Lipinski definition) is 3. The molecule has 1 aromatic carbocycles. The highest BCUT2D eigenvalue weighted by atomic mass is 32.2. The monoisotopic (exact) mass is 313 g/mol. The van der Waals surface area contributed by atoms with Gasteiger partial charge in [-0.25, -0.2) is 12.8 Å². The molecule has 1 aromatic rings. The highest BCUT2D eigenvalue weighted by Gasteiger charge is 2.25. The maximum atomic E-state index is 14.1. The van der Waals surface area contributed by atoms with Crippen molar-refractivity contribution < 1.29 is 17.9 Å². The van der Waals surface area contributed by atoms with Crippen LogP contribution in [0.2, 0.25) is 0 Å². The van der Waals surface area contributed by atoms with Crippen LogP contribution in [0.5, 0.6) is 0 Å². The first-order chi connectivity index (χ1) is 9.97. The van der Waals surface area contributed by atoms with Crippen molar-refractivity contribution in [2.45, 2.75) is 31.6 Å². The fourth-order valence-electron chi connectivity index (χ4n) is 1.84. The molecule has 116 valence electrons. The summed E-state index contributed by atoms with van der Waals surface area (Å²) >= 11 is 0. The van der Waals surface area contributed by atoms with Crippen molar-refractivity contribution in [2.75, 3.05) is 19.7 Å². The van der Waals surface area contributed by atoms with Gasteiger partial charge in [0, 0.05) is 25.1 Å². The summed E-state index contributed by atoms with van der Waals surface area (Å²) in [7, 11) is -3.82. The summed E-state index contributed by atoms with van der Waals surface area (Å²) in [5.74, 6) is 4.53. The molecule has 1 rings (SSSR count). The van der Waals surface area contributed by atoms with E-state index < -0.39 is 15.8 Å². The van der Waals surface area contributed by atoms with Gasteiger partial charge < -0.3 is 5.11 Å². The number of nitrogens with zero attached hydrogens (tertiary/aromatic N) is 1. The first-order valence-corrected chi connectivity index (χ1v) is 8.30. The summed E-state index contributed by atoms with van der Waals surface area (Å²) in [6.07, 6.45) is 0.960. The molecule has 4 nitrogen and oxygen atoms in total. The fraction of sp³-hybridized carbons (Fsp3) is 0.467. The second kappa shape index (κ2) is 8.13. The molecule has 6 heteroatoms. The lowest BCUT2D eigenvalue weighted by molar-refractivity contribution is 0.305. The number of rotatable bonds is 6. The van der Waals surface area contributed by atoms with Gasteiger partial charge in [-0.05, 0) is 24.6 Å². The Kier molecular flexibility index (Phi) is 6.82. The summed E-state index contributed by atoms with van der Waals surface area (Å²) in [5.41, 5.74) is 0.387. The Morgan fingerprint density at radius 2 is 2.05 bits per heavy atom. The smallest absolute Gasteiger partial charge is 0.245 e. The number of benzene rings is 1. The third-order valence-corrected chi connectivity index (χ3v) is 4.85. The van der Waals surface area contributed by atoms with E-state index in [4.69, 9.17) is 5.11 Å². The molecule has 0 aliphatic rings. The molecule has 1 N–H and O–H groups in total. The van der Waals surface area contributed by atoms with Crippen molar-refractivity contribution in [1.82, 2.24) is 4.31 Å². The minimum Gasteiger partial charge on any atom is -0.395 e. The molecule has 0 saturated carbocycles. The molecule has 0 radical (unpaired) electrons. The number of sulfonamides is 1. The second-order valence-corrected chi connectivity index (χ2v) is 6.32. The van der Waals surface area contributed by atoms with E-state index in [1.807, 2.05) is 6.92 Å². The van der Waals surface area contributed by atoms with E-state index in [-0.39, 0.29) is 11.5 Å². The van der Waals surface area contributed by atoms with Crippen LogP contribution >= 0.6 is 0 Å². The van der Waals surface area contributed by atoms with Crippen LogP contribution in [0.1, 0.15) is 32.3 Å². The third-order valence-electron chi connectivity index (χ3n) is 2.84. The summed E-state index contributed by atoms with van der Waals surface area (Å²) in [6.45, 7) is 4.18. The zero-order valence-corrected chi connectivity index (χ0v) is 13.1. The Morgan fingerprint density at radius 1 is 1.33 bits per heavy atom. The third kappa shape index (κ3) is 4.53. The minimum atomic E-state index is -3.82. The first-order valence-electron chi connectivity index (χ1n) is 6.86. The van der Waals surface area contributed by atoms with Crippen LogP contribution in [0.25, 0.3) is 0 Å². The second-order valence-electron chi connectivity index (χ2n) is 4.42. The molecule has 0 amide bonds. The van der Waals surface area contributed by atoms with Gasteiger partial charge in [-0.1, -0.05) is 25.7 Å². The molecule has 0 spiro atoms. The van der Waals surface area contributed by atoms with Crippen molar-refractivity contribution in [3.8, 4) is 11.8 Å². The van der Waals surface area contributed by atoms with Gasteiger partial charge in [-0.15, -0.1) is 0 Å². The molecule has 0 saturated heterocycles. The lowest BCUT2D eigenvalue weighted by Gasteiger charge is -2.20. The molecule has 0 aliphatic carbocycles. The maximum absolute atomic E-state index is 14.1. The predicted molar refractivity (Wildman–Crippen MR) is 79.7 cm³/mol. The van der Waals surface area contributed by atoms with Gasteiger partial charge in [0.1, 0.15) is 10.7 Å². The summed E-state index contributed by atoms with van der Waals surface area (Å²) in [5, 5.41) is 8.63. The molecule has 0 heterocycles. The quantitative estimate of drug-likeness (QED) is 0.817. The topological polar surface area (TPSA) is 57.6 Å². The van der Waals surface area contributed by atoms with E-state index in [0.717, 1.165) is 6.07 Å². The Hall–Kier alpha value is -1.42. The average Bonchev–Trinajstić information content (AvgIpc) is 2.44.